The molecule has 0 saturated heterocycles. The van der Waals surface area contributed by atoms with E-state index in [1.807, 2.05) is 11.4 Å². The molecule has 0 spiro atoms. The highest BCUT2D eigenvalue weighted by Crippen LogP contribution is 2.29. The summed E-state index contributed by atoms with van der Waals surface area (Å²) in [5.74, 6) is 0.160. The lowest BCUT2D eigenvalue weighted by Crippen LogP contribution is -2.26. The summed E-state index contributed by atoms with van der Waals surface area (Å²) in [7, 11) is 1.65. The molecule has 0 aliphatic heterocycles. The Morgan fingerprint density at radius 3 is 2.73 bits per heavy atom. The van der Waals surface area contributed by atoms with E-state index in [0.29, 0.717) is 28.1 Å². The summed E-state index contributed by atoms with van der Waals surface area (Å²) in [5, 5.41) is 5.73. The Balaban J connectivity index is 1.53. The van der Waals surface area contributed by atoms with Crippen LogP contribution in [0.25, 0.3) is 11.4 Å². The summed E-state index contributed by atoms with van der Waals surface area (Å²) in [6, 6.07) is 7.82. The summed E-state index contributed by atoms with van der Waals surface area (Å²) in [6.07, 6.45) is 3.83. The van der Waals surface area contributed by atoms with Gasteiger partial charge in [0.2, 0.25) is 0 Å². The van der Waals surface area contributed by atoms with Crippen molar-refractivity contribution in [2.45, 2.75) is 18.9 Å². The highest BCUT2D eigenvalue weighted by molar-refractivity contribution is 7.14. The number of carbonyl (C=O) groups is 1. The van der Waals surface area contributed by atoms with Crippen LogP contribution in [0.5, 0.6) is 0 Å². The van der Waals surface area contributed by atoms with Crippen LogP contribution in [0.15, 0.2) is 42.0 Å². The molecular formula is C18H16FN5OS. The zero-order valence-electron chi connectivity index (χ0n) is 14.0. The van der Waals surface area contributed by atoms with E-state index in [9.17, 15) is 9.18 Å². The van der Waals surface area contributed by atoms with Gasteiger partial charge in [0.15, 0.2) is 5.13 Å². The minimum atomic E-state index is -0.375. The van der Waals surface area contributed by atoms with Crippen LogP contribution in [-0.2, 0) is 0 Å². The summed E-state index contributed by atoms with van der Waals surface area (Å²) < 4.78 is 13.0. The molecule has 0 bridgehead atoms. The van der Waals surface area contributed by atoms with Crippen molar-refractivity contribution in [3.8, 4) is 11.4 Å². The molecule has 6 nitrogen and oxygen atoms in total. The van der Waals surface area contributed by atoms with Crippen LogP contribution < -0.4 is 10.2 Å². The lowest BCUT2D eigenvalue weighted by molar-refractivity contribution is 0.0993. The molecular weight excluding hydrogens is 353 g/mol. The van der Waals surface area contributed by atoms with Gasteiger partial charge in [-0.1, -0.05) is 0 Å². The van der Waals surface area contributed by atoms with Crippen LogP contribution in [0.4, 0.5) is 15.3 Å². The minimum Gasteiger partial charge on any atom is -0.367 e. The molecule has 1 amide bonds. The van der Waals surface area contributed by atoms with Crippen LogP contribution in [-0.4, -0.2) is 33.9 Å². The average molecular weight is 369 g/mol. The van der Waals surface area contributed by atoms with Gasteiger partial charge in [-0.2, -0.15) is 0 Å². The van der Waals surface area contributed by atoms with Gasteiger partial charge in [-0.3, -0.25) is 9.69 Å². The first-order valence-electron chi connectivity index (χ1n) is 8.18. The zero-order valence-corrected chi connectivity index (χ0v) is 14.8. The molecule has 1 aromatic carbocycles. The smallest absolute Gasteiger partial charge is 0.259 e. The molecule has 0 atom stereocenters. The first-order valence-corrected chi connectivity index (χ1v) is 9.06. The van der Waals surface area contributed by atoms with Gasteiger partial charge in [0.25, 0.3) is 5.91 Å². The molecule has 132 valence electrons. The molecule has 3 aromatic rings. The zero-order chi connectivity index (χ0) is 18.1. The summed E-state index contributed by atoms with van der Waals surface area (Å²) in [4.78, 5) is 27.0. The lowest BCUT2D eigenvalue weighted by Gasteiger charge is -2.13. The Bertz CT molecular complexity index is 939. The Labute approximate surface area is 153 Å². The maximum Gasteiger partial charge on any atom is 0.259 e. The number of thiazole rings is 1. The highest BCUT2D eigenvalue weighted by Gasteiger charge is 2.22. The topological polar surface area (TPSA) is 71.0 Å². The molecule has 1 aliphatic rings. The van der Waals surface area contributed by atoms with E-state index in [1.54, 1.807) is 7.05 Å². The van der Waals surface area contributed by atoms with Crippen molar-refractivity contribution < 1.29 is 9.18 Å². The molecule has 1 fully saturated rings. The molecule has 2 heterocycles. The molecule has 1 N–H and O–H groups in total. The molecule has 26 heavy (non-hydrogen) atoms. The van der Waals surface area contributed by atoms with Crippen LogP contribution in [0.1, 0.15) is 23.2 Å². The number of aromatic nitrogens is 3. The molecule has 1 aliphatic carbocycles. The summed E-state index contributed by atoms with van der Waals surface area (Å²) >= 11 is 1.35. The summed E-state index contributed by atoms with van der Waals surface area (Å²) in [5.41, 5.74) is 1.79. The Morgan fingerprint density at radius 1 is 1.23 bits per heavy atom. The fourth-order valence-corrected chi connectivity index (χ4v) is 3.20. The normalized spacial score (nSPS) is 13.5. The summed E-state index contributed by atoms with van der Waals surface area (Å²) in [6.45, 7) is 0. The number of nitrogens with one attached hydrogen (secondary N) is 1. The highest BCUT2D eigenvalue weighted by atomic mass is 32.1. The number of rotatable bonds is 5. The molecule has 4 rings (SSSR count). The first kappa shape index (κ1) is 16.6. The molecule has 0 radical (unpaired) electrons. The van der Waals surface area contributed by atoms with E-state index in [4.69, 9.17) is 0 Å². The number of hydrogen-bond donors (Lipinski definition) is 1. The van der Waals surface area contributed by atoms with E-state index < -0.39 is 0 Å². The van der Waals surface area contributed by atoms with Gasteiger partial charge >= 0.3 is 0 Å². The third kappa shape index (κ3) is 3.55. The number of amides is 1. The maximum absolute atomic E-state index is 13.0. The van der Waals surface area contributed by atoms with Crippen molar-refractivity contribution in [1.82, 2.24) is 15.0 Å². The molecule has 1 saturated carbocycles. The number of halogens is 1. The number of anilines is 2. The van der Waals surface area contributed by atoms with Crippen molar-refractivity contribution in [3.05, 3.63) is 53.4 Å². The Hall–Kier alpha value is -2.87. The SMILES string of the molecule is CN(C(=O)c1ccc(F)cc1)c1nc(-c2cc(NC3CC3)ncn2)cs1. The van der Waals surface area contributed by atoms with Gasteiger partial charge in [-0.05, 0) is 37.1 Å². The van der Waals surface area contributed by atoms with Crippen molar-refractivity contribution >= 4 is 28.2 Å². The largest absolute Gasteiger partial charge is 0.367 e. The monoisotopic (exact) mass is 369 g/mol. The van der Waals surface area contributed by atoms with Gasteiger partial charge in [-0.25, -0.2) is 19.3 Å². The Morgan fingerprint density at radius 2 is 2.00 bits per heavy atom. The first-order chi connectivity index (χ1) is 12.6. The predicted octanol–water partition coefficient (Wildman–Crippen LogP) is 3.59. The van der Waals surface area contributed by atoms with Gasteiger partial charge in [0.1, 0.15) is 23.7 Å². The number of nitrogens with zero attached hydrogens (tertiary/aromatic N) is 4. The van der Waals surface area contributed by atoms with Crippen molar-refractivity contribution in [2.24, 2.45) is 0 Å². The van der Waals surface area contributed by atoms with Crippen molar-refractivity contribution in [2.75, 3.05) is 17.3 Å². The number of benzene rings is 1. The van der Waals surface area contributed by atoms with Gasteiger partial charge in [-0.15, -0.1) is 11.3 Å². The van der Waals surface area contributed by atoms with Crippen molar-refractivity contribution in [1.29, 1.82) is 0 Å². The fourth-order valence-electron chi connectivity index (χ4n) is 2.42. The third-order valence-corrected chi connectivity index (χ3v) is 4.95. The second-order valence-corrected chi connectivity index (χ2v) is 6.93. The van der Waals surface area contributed by atoms with Crippen LogP contribution >= 0.6 is 11.3 Å². The van der Waals surface area contributed by atoms with E-state index in [2.05, 4.69) is 20.3 Å². The second-order valence-electron chi connectivity index (χ2n) is 6.09. The number of carbonyl (C=O) groups excluding carboxylic acids is 1. The van der Waals surface area contributed by atoms with E-state index >= 15 is 0 Å². The van der Waals surface area contributed by atoms with Crippen LogP contribution in [0.3, 0.4) is 0 Å². The Kier molecular flexibility index (Phi) is 4.34. The maximum atomic E-state index is 13.0. The second kappa shape index (κ2) is 6.80. The lowest BCUT2D eigenvalue weighted by atomic mass is 10.2. The molecule has 8 heteroatoms. The van der Waals surface area contributed by atoms with E-state index in [1.165, 1.54) is 46.8 Å². The van der Waals surface area contributed by atoms with Crippen LogP contribution in [0, 0.1) is 5.82 Å². The van der Waals surface area contributed by atoms with Gasteiger partial charge < -0.3 is 5.32 Å². The quantitative estimate of drug-likeness (QED) is 0.744. The predicted molar refractivity (Wildman–Crippen MR) is 98.9 cm³/mol. The minimum absolute atomic E-state index is 0.246. The average Bonchev–Trinajstić information content (AvgIpc) is 3.33. The molecule has 0 unspecified atom stereocenters. The van der Waals surface area contributed by atoms with Gasteiger partial charge in [0.05, 0.1) is 5.69 Å². The van der Waals surface area contributed by atoms with Crippen LogP contribution in [0.2, 0.25) is 0 Å². The molecule has 2 aromatic heterocycles. The van der Waals surface area contributed by atoms with E-state index in [0.717, 1.165) is 18.7 Å². The van der Waals surface area contributed by atoms with Crippen molar-refractivity contribution in [3.63, 3.8) is 0 Å². The standard InChI is InChI=1S/C18H16FN5OS/c1-24(17(25)11-2-4-12(19)5-3-11)18-23-15(9-26-18)14-8-16(21-10-20-14)22-13-6-7-13/h2-5,8-10,13H,6-7H2,1H3,(H,20,21,22). The van der Waals surface area contributed by atoms with E-state index in [-0.39, 0.29) is 11.7 Å². The third-order valence-electron chi connectivity index (χ3n) is 4.03. The fraction of sp³-hybridized carbons (Fsp3) is 0.222. The number of hydrogen-bond acceptors (Lipinski definition) is 6. The van der Waals surface area contributed by atoms with Gasteiger partial charge in [0, 0.05) is 30.1 Å².